The van der Waals surface area contributed by atoms with Crippen molar-refractivity contribution in [2.24, 2.45) is 5.41 Å². The van der Waals surface area contributed by atoms with Crippen molar-refractivity contribution in [3.8, 4) is 0 Å². The molecule has 0 radical (unpaired) electrons. The molecule has 4 nitrogen and oxygen atoms in total. The Morgan fingerprint density at radius 2 is 2.00 bits per heavy atom. The average molecular weight is 304 g/mol. The number of aliphatic hydroxyl groups is 1. The van der Waals surface area contributed by atoms with Crippen LogP contribution in [0.5, 0.6) is 0 Å². The third kappa shape index (κ3) is 4.08. The smallest absolute Gasteiger partial charge is 0.241 e. The molecule has 22 heavy (non-hydrogen) atoms. The number of rotatable bonds is 4. The summed E-state index contributed by atoms with van der Waals surface area (Å²) in [7, 11) is 0. The molecule has 2 unspecified atom stereocenters. The van der Waals surface area contributed by atoms with Gasteiger partial charge in [0.25, 0.3) is 0 Å². The lowest BCUT2D eigenvalue weighted by molar-refractivity contribution is -0.122. The van der Waals surface area contributed by atoms with Gasteiger partial charge in [-0.2, -0.15) is 0 Å². The molecule has 2 atom stereocenters. The van der Waals surface area contributed by atoms with Gasteiger partial charge in [-0.1, -0.05) is 13.0 Å². The summed E-state index contributed by atoms with van der Waals surface area (Å²) < 4.78 is 0. The summed E-state index contributed by atoms with van der Waals surface area (Å²) in [6, 6.07) is 5.89. The quantitative estimate of drug-likeness (QED) is 0.899. The number of piperidine rings is 1. The molecule has 1 aliphatic rings. The van der Waals surface area contributed by atoms with E-state index in [1.807, 2.05) is 32.9 Å². The Morgan fingerprint density at radius 3 is 2.59 bits per heavy atom. The van der Waals surface area contributed by atoms with Crippen LogP contribution in [0.15, 0.2) is 18.2 Å². The van der Waals surface area contributed by atoms with Crippen LogP contribution < -0.4 is 5.32 Å². The van der Waals surface area contributed by atoms with Crippen LogP contribution >= 0.6 is 0 Å². The fourth-order valence-electron chi connectivity index (χ4n) is 3.28. The Balaban J connectivity index is 2.02. The second-order valence-corrected chi connectivity index (χ2v) is 7.08. The largest absolute Gasteiger partial charge is 0.396 e. The first-order chi connectivity index (χ1) is 10.3. The third-order valence-corrected chi connectivity index (χ3v) is 4.61. The highest BCUT2D eigenvalue weighted by Crippen LogP contribution is 2.30. The molecule has 1 aliphatic heterocycles. The molecule has 1 aromatic rings. The highest BCUT2D eigenvalue weighted by molar-refractivity contribution is 5.94. The number of nitrogens with one attached hydrogen (secondary N) is 1. The standard InChI is InChI=1S/C18H28N2O2/c1-13-8-14(2)10-16(9-13)19-17(22)15(3)20-7-5-6-18(4,11-20)12-21/h8-10,15,21H,5-7,11-12H2,1-4H3,(H,19,22). The molecule has 1 amide bonds. The molecule has 0 aromatic heterocycles. The molecule has 2 rings (SSSR count). The summed E-state index contributed by atoms with van der Waals surface area (Å²) in [5.41, 5.74) is 3.06. The van der Waals surface area contributed by atoms with Gasteiger partial charge >= 0.3 is 0 Å². The van der Waals surface area contributed by atoms with Gasteiger partial charge in [0.1, 0.15) is 0 Å². The van der Waals surface area contributed by atoms with Gasteiger partial charge in [0, 0.05) is 24.3 Å². The molecule has 1 heterocycles. The van der Waals surface area contributed by atoms with Crippen molar-refractivity contribution >= 4 is 11.6 Å². The highest BCUT2D eigenvalue weighted by Gasteiger charge is 2.34. The average Bonchev–Trinajstić information content (AvgIpc) is 2.45. The van der Waals surface area contributed by atoms with E-state index in [4.69, 9.17) is 0 Å². The molecule has 1 fully saturated rings. The lowest BCUT2D eigenvalue weighted by Crippen LogP contribution is -2.51. The fraction of sp³-hybridized carbons (Fsp3) is 0.611. The van der Waals surface area contributed by atoms with Crippen molar-refractivity contribution in [3.05, 3.63) is 29.3 Å². The van der Waals surface area contributed by atoms with Crippen LogP contribution in [0.3, 0.4) is 0 Å². The van der Waals surface area contributed by atoms with Crippen LogP contribution in [0.2, 0.25) is 0 Å². The van der Waals surface area contributed by atoms with E-state index in [0.29, 0.717) is 0 Å². The van der Waals surface area contributed by atoms with Crippen molar-refractivity contribution in [2.75, 3.05) is 25.0 Å². The maximum absolute atomic E-state index is 12.5. The van der Waals surface area contributed by atoms with Crippen LogP contribution in [0, 0.1) is 19.3 Å². The van der Waals surface area contributed by atoms with Crippen molar-refractivity contribution < 1.29 is 9.90 Å². The number of carbonyl (C=O) groups is 1. The van der Waals surface area contributed by atoms with E-state index in [2.05, 4.69) is 23.2 Å². The first kappa shape index (κ1) is 17.0. The number of hydrogen-bond acceptors (Lipinski definition) is 3. The second-order valence-electron chi connectivity index (χ2n) is 7.08. The van der Waals surface area contributed by atoms with E-state index in [-0.39, 0.29) is 24.0 Å². The Bertz CT molecular complexity index is 524. The van der Waals surface area contributed by atoms with Crippen LogP contribution in [0.25, 0.3) is 0 Å². The Hall–Kier alpha value is -1.39. The van der Waals surface area contributed by atoms with Crippen molar-refractivity contribution in [2.45, 2.75) is 46.6 Å². The van der Waals surface area contributed by atoms with Crippen LogP contribution in [-0.2, 0) is 4.79 Å². The van der Waals surface area contributed by atoms with Gasteiger partial charge < -0.3 is 10.4 Å². The van der Waals surface area contributed by atoms with Gasteiger partial charge in [0.2, 0.25) is 5.91 Å². The van der Waals surface area contributed by atoms with Gasteiger partial charge in [0.05, 0.1) is 6.04 Å². The number of anilines is 1. The number of amides is 1. The predicted molar refractivity (Wildman–Crippen MR) is 90.0 cm³/mol. The normalized spacial score (nSPS) is 24.0. The minimum atomic E-state index is -0.188. The molecule has 2 N–H and O–H groups in total. The maximum Gasteiger partial charge on any atom is 0.241 e. The number of likely N-dealkylation sites (tertiary alicyclic amines) is 1. The lowest BCUT2D eigenvalue weighted by Gasteiger charge is -2.41. The zero-order valence-electron chi connectivity index (χ0n) is 14.1. The molecule has 1 aromatic carbocycles. The summed E-state index contributed by atoms with van der Waals surface area (Å²) >= 11 is 0. The summed E-state index contributed by atoms with van der Waals surface area (Å²) in [6.07, 6.45) is 2.05. The van der Waals surface area contributed by atoms with E-state index in [9.17, 15) is 9.90 Å². The Labute approximate surface area is 133 Å². The molecular weight excluding hydrogens is 276 g/mol. The van der Waals surface area contributed by atoms with Gasteiger partial charge in [-0.3, -0.25) is 9.69 Å². The van der Waals surface area contributed by atoms with Crippen molar-refractivity contribution in [1.82, 2.24) is 4.90 Å². The highest BCUT2D eigenvalue weighted by atomic mass is 16.3. The van der Waals surface area contributed by atoms with Gasteiger partial charge in [-0.05, 0) is 63.4 Å². The molecule has 122 valence electrons. The number of benzene rings is 1. The van der Waals surface area contributed by atoms with E-state index in [1.54, 1.807) is 0 Å². The van der Waals surface area contributed by atoms with Crippen molar-refractivity contribution in [3.63, 3.8) is 0 Å². The number of nitrogens with zero attached hydrogens (tertiary/aromatic N) is 1. The van der Waals surface area contributed by atoms with E-state index < -0.39 is 0 Å². The maximum atomic E-state index is 12.5. The van der Waals surface area contributed by atoms with Gasteiger partial charge in [-0.15, -0.1) is 0 Å². The van der Waals surface area contributed by atoms with Gasteiger partial charge in [-0.25, -0.2) is 0 Å². The van der Waals surface area contributed by atoms with Crippen LogP contribution in [0.1, 0.15) is 37.8 Å². The first-order valence-electron chi connectivity index (χ1n) is 8.07. The van der Waals surface area contributed by atoms with E-state index in [0.717, 1.165) is 42.7 Å². The Kier molecular flexibility index (Phi) is 5.24. The topological polar surface area (TPSA) is 52.6 Å². The zero-order chi connectivity index (χ0) is 16.3. The minimum absolute atomic E-state index is 0.0205. The SMILES string of the molecule is Cc1cc(C)cc(NC(=O)C(C)N2CCCC(C)(CO)C2)c1. The summed E-state index contributed by atoms with van der Waals surface area (Å²) in [4.78, 5) is 14.7. The summed E-state index contributed by atoms with van der Waals surface area (Å²) in [5, 5.41) is 12.6. The zero-order valence-corrected chi connectivity index (χ0v) is 14.1. The molecule has 4 heteroatoms. The van der Waals surface area contributed by atoms with E-state index in [1.165, 1.54) is 0 Å². The van der Waals surface area contributed by atoms with Crippen LogP contribution in [-0.4, -0.2) is 41.7 Å². The third-order valence-electron chi connectivity index (χ3n) is 4.61. The molecular formula is C18H28N2O2. The summed E-state index contributed by atoms with van der Waals surface area (Å²) in [5.74, 6) is 0.0205. The van der Waals surface area contributed by atoms with Gasteiger partial charge in [0.15, 0.2) is 0 Å². The number of aryl methyl sites for hydroxylation is 2. The van der Waals surface area contributed by atoms with E-state index >= 15 is 0 Å². The molecule has 0 spiro atoms. The second kappa shape index (κ2) is 6.80. The molecule has 1 saturated heterocycles. The minimum Gasteiger partial charge on any atom is -0.396 e. The number of hydrogen-bond donors (Lipinski definition) is 2. The predicted octanol–water partition coefficient (Wildman–Crippen LogP) is 2.72. The molecule has 0 bridgehead atoms. The number of carbonyl (C=O) groups excluding carboxylic acids is 1. The molecule has 0 aliphatic carbocycles. The lowest BCUT2D eigenvalue weighted by atomic mass is 9.82. The number of aliphatic hydroxyl groups excluding tert-OH is 1. The Morgan fingerprint density at radius 1 is 1.36 bits per heavy atom. The van der Waals surface area contributed by atoms with Crippen molar-refractivity contribution in [1.29, 1.82) is 0 Å². The first-order valence-corrected chi connectivity index (χ1v) is 8.07. The fourth-order valence-corrected chi connectivity index (χ4v) is 3.28. The summed E-state index contributed by atoms with van der Waals surface area (Å²) in [6.45, 7) is 9.96. The monoisotopic (exact) mass is 304 g/mol. The molecule has 0 saturated carbocycles. The van der Waals surface area contributed by atoms with Crippen LogP contribution in [0.4, 0.5) is 5.69 Å².